The van der Waals surface area contributed by atoms with E-state index in [0.717, 1.165) is 25.7 Å². The van der Waals surface area contributed by atoms with Crippen LogP contribution in [0.4, 0.5) is 0 Å². The van der Waals surface area contributed by atoms with Gasteiger partial charge < -0.3 is 10.4 Å². The average Bonchev–Trinajstić information content (AvgIpc) is 3.35. The quantitative estimate of drug-likeness (QED) is 0.901. The number of hydrogen-bond donors (Lipinski definition) is 2. The Labute approximate surface area is 146 Å². The largest absolute Gasteiger partial charge is 0.479 e. The third-order valence-electron chi connectivity index (χ3n) is 5.68. The van der Waals surface area contributed by atoms with E-state index in [1.165, 1.54) is 11.1 Å². The molecule has 2 N–H and O–H groups in total. The van der Waals surface area contributed by atoms with Crippen LogP contribution in [0.2, 0.25) is 0 Å². The van der Waals surface area contributed by atoms with Gasteiger partial charge in [0, 0.05) is 11.3 Å². The van der Waals surface area contributed by atoms with Gasteiger partial charge in [-0.25, -0.2) is 4.79 Å². The molecule has 1 amide bonds. The molecule has 3 atom stereocenters. The molecule has 1 spiro atoms. The SMILES string of the molecule is O=C(N[C@H](C(=O)O)c1ccccc1)C1CC12CCCc1ccccc12. The molecule has 0 saturated heterocycles. The Morgan fingerprint density at radius 1 is 1.08 bits per heavy atom. The molecule has 2 aliphatic rings. The summed E-state index contributed by atoms with van der Waals surface area (Å²) in [6.07, 6.45) is 3.97. The second kappa shape index (κ2) is 6.03. The molecule has 2 aliphatic carbocycles. The number of rotatable bonds is 4. The minimum Gasteiger partial charge on any atom is -0.479 e. The summed E-state index contributed by atoms with van der Waals surface area (Å²) in [7, 11) is 0. The zero-order chi connectivity index (χ0) is 17.4. The highest BCUT2D eigenvalue weighted by Crippen LogP contribution is 2.60. The van der Waals surface area contributed by atoms with Crippen LogP contribution in [0.5, 0.6) is 0 Å². The predicted molar refractivity (Wildman–Crippen MR) is 94.1 cm³/mol. The first-order valence-corrected chi connectivity index (χ1v) is 8.78. The summed E-state index contributed by atoms with van der Waals surface area (Å²) in [5.41, 5.74) is 3.13. The van der Waals surface area contributed by atoms with Gasteiger partial charge in [-0.05, 0) is 42.4 Å². The number of nitrogens with one attached hydrogen (secondary N) is 1. The van der Waals surface area contributed by atoms with Gasteiger partial charge in [-0.1, -0.05) is 54.6 Å². The maximum atomic E-state index is 12.8. The summed E-state index contributed by atoms with van der Waals surface area (Å²) in [6.45, 7) is 0. The summed E-state index contributed by atoms with van der Waals surface area (Å²) >= 11 is 0. The fraction of sp³-hybridized carbons (Fsp3) is 0.333. The van der Waals surface area contributed by atoms with Crippen molar-refractivity contribution < 1.29 is 14.7 Å². The van der Waals surface area contributed by atoms with Gasteiger partial charge in [-0.3, -0.25) is 4.79 Å². The number of benzene rings is 2. The van der Waals surface area contributed by atoms with Crippen LogP contribution in [0.25, 0.3) is 0 Å². The van der Waals surface area contributed by atoms with Crippen molar-refractivity contribution in [3.8, 4) is 0 Å². The standard InChI is InChI=1S/C21H21NO3/c23-19(22-18(20(24)25)15-8-2-1-3-9-15)17-13-21(17)12-6-10-14-7-4-5-11-16(14)21/h1-5,7-9,11,17-18H,6,10,12-13H2,(H,22,23)(H,24,25)/t17?,18-,21?/m0/s1. The lowest BCUT2D eigenvalue weighted by molar-refractivity contribution is -0.142. The summed E-state index contributed by atoms with van der Waals surface area (Å²) in [6, 6.07) is 16.2. The molecular weight excluding hydrogens is 314 g/mol. The summed E-state index contributed by atoms with van der Waals surface area (Å²) in [5, 5.41) is 12.3. The number of aryl methyl sites for hydroxylation is 1. The highest BCUT2D eigenvalue weighted by molar-refractivity contribution is 5.89. The highest BCUT2D eigenvalue weighted by atomic mass is 16.4. The van der Waals surface area contributed by atoms with Crippen LogP contribution in [0.15, 0.2) is 54.6 Å². The predicted octanol–water partition coefficient (Wildman–Crippen LogP) is 3.22. The van der Waals surface area contributed by atoms with Crippen LogP contribution in [0.3, 0.4) is 0 Å². The van der Waals surface area contributed by atoms with E-state index in [1.807, 2.05) is 18.2 Å². The molecule has 1 fully saturated rings. The Morgan fingerprint density at radius 3 is 2.56 bits per heavy atom. The number of carbonyl (C=O) groups excluding carboxylic acids is 1. The molecule has 0 heterocycles. The maximum absolute atomic E-state index is 12.8. The molecule has 0 aromatic heterocycles. The zero-order valence-corrected chi connectivity index (χ0v) is 13.9. The topological polar surface area (TPSA) is 66.4 Å². The number of fused-ring (bicyclic) bond motifs is 2. The molecule has 128 valence electrons. The third-order valence-corrected chi connectivity index (χ3v) is 5.68. The van der Waals surface area contributed by atoms with Gasteiger partial charge in [-0.15, -0.1) is 0 Å². The van der Waals surface area contributed by atoms with Gasteiger partial charge in [0.2, 0.25) is 5.91 Å². The van der Waals surface area contributed by atoms with Crippen molar-refractivity contribution in [2.75, 3.05) is 0 Å². The summed E-state index contributed by atoms with van der Waals surface area (Å²) < 4.78 is 0. The van der Waals surface area contributed by atoms with Crippen molar-refractivity contribution in [2.24, 2.45) is 5.92 Å². The number of carboxylic acids is 1. The Hall–Kier alpha value is -2.62. The fourth-order valence-corrected chi connectivity index (χ4v) is 4.35. The average molecular weight is 335 g/mol. The van der Waals surface area contributed by atoms with E-state index < -0.39 is 12.0 Å². The van der Waals surface area contributed by atoms with E-state index in [1.54, 1.807) is 24.3 Å². The molecule has 25 heavy (non-hydrogen) atoms. The molecule has 0 radical (unpaired) electrons. The van der Waals surface area contributed by atoms with Gasteiger partial charge in [0.1, 0.15) is 0 Å². The van der Waals surface area contributed by atoms with Crippen molar-refractivity contribution in [1.82, 2.24) is 5.32 Å². The number of carbonyl (C=O) groups is 2. The van der Waals surface area contributed by atoms with E-state index >= 15 is 0 Å². The lowest BCUT2D eigenvalue weighted by Gasteiger charge is -2.26. The Kier molecular flexibility index (Phi) is 3.83. The van der Waals surface area contributed by atoms with Gasteiger partial charge in [0.05, 0.1) is 0 Å². The summed E-state index contributed by atoms with van der Waals surface area (Å²) in [4.78, 5) is 24.4. The number of hydrogen-bond acceptors (Lipinski definition) is 2. The van der Waals surface area contributed by atoms with Crippen molar-refractivity contribution in [3.63, 3.8) is 0 Å². The van der Waals surface area contributed by atoms with Gasteiger partial charge in [0.25, 0.3) is 0 Å². The minimum absolute atomic E-state index is 0.0847. The number of aliphatic carboxylic acids is 1. The smallest absolute Gasteiger partial charge is 0.330 e. The fourth-order valence-electron chi connectivity index (χ4n) is 4.35. The molecule has 4 nitrogen and oxygen atoms in total. The maximum Gasteiger partial charge on any atom is 0.330 e. The molecular formula is C21H21NO3. The van der Waals surface area contributed by atoms with E-state index in [0.29, 0.717) is 5.56 Å². The Bertz CT molecular complexity index is 817. The zero-order valence-electron chi connectivity index (χ0n) is 13.9. The van der Waals surface area contributed by atoms with Crippen LogP contribution in [-0.4, -0.2) is 17.0 Å². The van der Waals surface area contributed by atoms with Crippen molar-refractivity contribution >= 4 is 11.9 Å². The molecule has 2 aromatic rings. The van der Waals surface area contributed by atoms with E-state index in [9.17, 15) is 14.7 Å². The molecule has 4 rings (SSSR count). The highest BCUT2D eigenvalue weighted by Gasteiger charge is 2.60. The molecule has 0 bridgehead atoms. The second-order valence-electron chi connectivity index (χ2n) is 7.11. The van der Waals surface area contributed by atoms with Gasteiger partial charge in [0.15, 0.2) is 6.04 Å². The van der Waals surface area contributed by atoms with Crippen LogP contribution < -0.4 is 5.32 Å². The summed E-state index contributed by atoms with van der Waals surface area (Å²) in [5.74, 6) is -1.30. The number of amides is 1. The molecule has 0 aliphatic heterocycles. The minimum atomic E-state index is -1.03. The first-order valence-electron chi connectivity index (χ1n) is 8.78. The molecule has 2 unspecified atom stereocenters. The van der Waals surface area contributed by atoms with Crippen LogP contribution >= 0.6 is 0 Å². The first-order chi connectivity index (χ1) is 12.1. The lowest BCUT2D eigenvalue weighted by Crippen LogP contribution is -2.36. The van der Waals surface area contributed by atoms with Gasteiger partial charge in [-0.2, -0.15) is 0 Å². The van der Waals surface area contributed by atoms with Crippen molar-refractivity contribution in [3.05, 3.63) is 71.3 Å². The van der Waals surface area contributed by atoms with Crippen LogP contribution in [-0.2, 0) is 21.4 Å². The number of carboxylic acid groups (broad SMARTS) is 1. The molecule has 2 aromatic carbocycles. The Morgan fingerprint density at radius 2 is 1.80 bits per heavy atom. The van der Waals surface area contributed by atoms with E-state index in [2.05, 4.69) is 17.4 Å². The second-order valence-corrected chi connectivity index (χ2v) is 7.11. The van der Waals surface area contributed by atoms with Crippen molar-refractivity contribution in [1.29, 1.82) is 0 Å². The van der Waals surface area contributed by atoms with Gasteiger partial charge >= 0.3 is 5.97 Å². The van der Waals surface area contributed by atoms with Crippen LogP contribution in [0.1, 0.15) is 42.0 Å². The normalized spacial score (nSPS) is 25.0. The first kappa shape index (κ1) is 15.9. The lowest BCUT2D eigenvalue weighted by atomic mass is 9.78. The van der Waals surface area contributed by atoms with E-state index in [4.69, 9.17) is 0 Å². The molecule has 4 heteroatoms. The van der Waals surface area contributed by atoms with Crippen LogP contribution in [0, 0.1) is 5.92 Å². The third kappa shape index (κ3) is 2.72. The Balaban J connectivity index is 1.55. The van der Waals surface area contributed by atoms with Crippen molar-refractivity contribution in [2.45, 2.75) is 37.1 Å². The monoisotopic (exact) mass is 335 g/mol. The molecule has 1 saturated carbocycles. The van der Waals surface area contributed by atoms with E-state index in [-0.39, 0.29) is 17.2 Å².